The SMILES string of the molecule is Cc1ccc(-c2c(C)sc3ncnc(Nc4ccccc4Br)c23)cc1C. The van der Waals surface area contributed by atoms with E-state index in [2.05, 4.69) is 70.2 Å². The van der Waals surface area contributed by atoms with E-state index in [9.17, 15) is 0 Å². The lowest BCUT2D eigenvalue weighted by molar-refractivity contribution is 1.23. The summed E-state index contributed by atoms with van der Waals surface area (Å²) in [6, 6.07) is 14.7. The maximum atomic E-state index is 4.55. The molecule has 0 saturated heterocycles. The van der Waals surface area contributed by atoms with Gasteiger partial charge in [0.25, 0.3) is 0 Å². The van der Waals surface area contributed by atoms with Crippen molar-refractivity contribution in [1.82, 2.24) is 9.97 Å². The smallest absolute Gasteiger partial charge is 0.143 e. The first-order chi connectivity index (χ1) is 12.5. The second-order valence-corrected chi connectivity index (χ2v) is 8.40. The number of hydrogen-bond donors (Lipinski definition) is 1. The molecule has 0 saturated carbocycles. The Bertz CT molecular complexity index is 1120. The fourth-order valence-corrected chi connectivity index (χ4v) is 4.47. The van der Waals surface area contributed by atoms with Gasteiger partial charge in [-0.2, -0.15) is 0 Å². The van der Waals surface area contributed by atoms with E-state index in [1.807, 2.05) is 24.3 Å². The number of halogens is 1. The van der Waals surface area contributed by atoms with Crippen molar-refractivity contribution in [3.05, 3.63) is 69.3 Å². The maximum Gasteiger partial charge on any atom is 0.143 e. The van der Waals surface area contributed by atoms with Crippen molar-refractivity contribution in [3.63, 3.8) is 0 Å². The minimum atomic E-state index is 0.833. The van der Waals surface area contributed by atoms with Crippen molar-refractivity contribution in [2.45, 2.75) is 20.8 Å². The fraction of sp³-hybridized carbons (Fsp3) is 0.143. The number of rotatable bonds is 3. The molecule has 0 atom stereocenters. The molecule has 26 heavy (non-hydrogen) atoms. The number of thiophene rings is 1. The number of benzene rings is 2. The third-order valence-electron chi connectivity index (χ3n) is 4.59. The van der Waals surface area contributed by atoms with E-state index < -0.39 is 0 Å². The number of hydrogen-bond acceptors (Lipinski definition) is 4. The van der Waals surface area contributed by atoms with E-state index in [0.29, 0.717) is 0 Å². The van der Waals surface area contributed by atoms with Gasteiger partial charge in [0.15, 0.2) is 0 Å². The van der Waals surface area contributed by atoms with Crippen LogP contribution in [0, 0.1) is 20.8 Å². The van der Waals surface area contributed by atoms with E-state index in [-0.39, 0.29) is 0 Å². The summed E-state index contributed by atoms with van der Waals surface area (Å²) in [5.41, 5.74) is 6.00. The lowest BCUT2D eigenvalue weighted by Gasteiger charge is -2.11. The molecule has 2 aromatic heterocycles. The molecule has 0 bridgehead atoms. The Kier molecular flexibility index (Phi) is 4.51. The predicted octanol–water partition coefficient (Wildman–Crippen LogP) is 6.79. The number of aryl methyl sites for hydroxylation is 3. The van der Waals surface area contributed by atoms with Crippen LogP contribution >= 0.6 is 27.3 Å². The van der Waals surface area contributed by atoms with Crippen molar-refractivity contribution in [2.24, 2.45) is 0 Å². The summed E-state index contributed by atoms with van der Waals surface area (Å²) in [7, 11) is 0. The molecule has 1 N–H and O–H groups in total. The zero-order chi connectivity index (χ0) is 18.3. The molecule has 2 aromatic carbocycles. The van der Waals surface area contributed by atoms with Crippen LogP contribution in [-0.2, 0) is 0 Å². The van der Waals surface area contributed by atoms with Crippen molar-refractivity contribution >= 4 is 49.0 Å². The summed E-state index contributed by atoms with van der Waals surface area (Å²) in [6.45, 7) is 6.44. The fourth-order valence-electron chi connectivity index (χ4n) is 3.07. The number of anilines is 2. The lowest BCUT2D eigenvalue weighted by atomic mass is 9.99. The molecule has 4 aromatic rings. The van der Waals surface area contributed by atoms with Gasteiger partial charge in [0, 0.05) is 14.9 Å². The van der Waals surface area contributed by atoms with Gasteiger partial charge in [0.1, 0.15) is 17.0 Å². The van der Waals surface area contributed by atoms with Gasteiger partial charge in [-0.25, -0.2) is 9.97 Å². The molecule has 130 valence electrons. The topological polar surface area (TPSA) is 37.8 Å². The van der Waals surface area contributed by atoms with Gasteiger partial charge in [-0.3, -0.25) is 0 Å². The molecule has 0 fully saturated rings. The van der Waals surface area contributed by atoms with Gasteiger partial charge in [0.2, 0.25) is 0 Å². The molecule has 0 aliphatic rings. The van der Waals surface area contributed by atoms with E-state index >= 15 is 0 Å². The second-order valence-electron chi connectivity index (χ2n) is 6.34. The van der Waals surface area contributed by atoms with Gasteiger partial charge in [-0.15, -0.1) is 11.3 Å². The van der Waals surface area contributed by atoms with Crippen LogP contribution in [0.4, 0.5) is 11.5 Å². The van der Waals surface area contributed by atoms with Crippen LogP contribution in [0.3, 0.4) is 0 Å². The van der Waals surface area contributed by atoms with Gasteiger partial charge in [0.05, 0.1) is 11.1 Å². The molecule has 0 spiro atoms. The monoisotopic (exact) mass is 423 g/mol. The number of fused-ring (bicyclic) bond motifs is 1. The molecule has 0 radical (unpaired) electrons. The average molecular weight is 424 g/mol. The molecule has 5 heteroatoms. The summed E-state index contributed by atoms with van der Waals surface area (Å²) in [5, 5.41) is 4.55. The number of nitrogens with zero attached hydrogens (tertiary/aromatic N) is 2. The Balaban J connectivity index is 1.92. The van der Waals surface area contributed by atoms with Crippen LogP contribution in [0.1, 0.15) is 16.0 Å². The summed E-state index contributed by atoms with van der Waals surface area (Å²) in [6.07, 6.45) is 1.63. The Labute approximate surface area is 165 Å². The normalized spacial score (nSPS) is 11.1. The molecule has 0 amide bonds. The first-order valence-corrected chi connectivity index (χ1v) is 9.99. The zero-order valence-corrected chi connectivity index (χ0v) is 17.2. The first-order valence-electron chi connectivity index (χ1n) is 8.38. The van der Waals surface area contributed by atoms with Crippen LogP contribution in [0.5, 0.6) is 0 Å². The molecular weight excluding hydrogens is 406 g/mol. The Hall–Kier alpha value is -2.24. The third kappa shape index (κ3) is 3.02. The standard InChI is InChI=1S/C21H18BrN3S/c1-12-8-9-15(10-13(12)2)18-14(3)26-21-19(18)20(23-11-24-21)25-17-7-5-4-6-16(17)22/h4-11H,1-3H3,(H,23,24,25). The van der Waals surface area contributed by atoms with Gasteiger partial charge in [-0.1, -0.05) is 30.3 Å². The molecule has 3 nitrogen and oxygen atoms in total. The summed E-state index contributed by atoms with van der Waals surface area (Å²) in [5.74, 6) is 0.833. The predicted molar refractivity (Wildman–Crippen MR) is 114 cm³/mol. The minimum absolute atomic E-state index is 0.833. The van der Waals surface area contributed by atoms with E-state index in [1.54, 1.807) is 17.7 Å². The van der Waals surface area contributed by atoms with E-state index in [4.69, 9.17) is 0 Å². The summed E-state index contributed by atoms with van der Waals surface area (Å²) in [4.78, 5) is 11.3. The zero-order valence-electron chi connectivity index (χ0n) is 14.8. The molecular formula is C21H18BrN3S. The number of aromatic nitrogens is 2. The first kappa shape index (κ1) is 17.2. The highest BCUT2D eigenvalue weighted by molar-refractivity contribution is 9.10. The largest absolute Gasteiger partial charge is 0.339 e. The number of nitrogens with one attached hydrogen (secondary N) is 1. The highest BCUT2D eigenvalue weighted by Gasteiger charge is 2.17. The van der Waals surface area contributed by atoms with E-state index in [1.165, 1.54) is 27.1 Å². The van der Waals surface area contributed by atoms with Crippen molar-refractivity contribution in [2.75, 3.05) is 5.32 Å². The average Bonchev–Trinajstić information content (AvgIpc) is 2.96. The van der Waals surface area contributed by atoms with Crippen LogP contribution in [-0.4, -0.2) is 9.97 Å². The quantitative estimate of drug-likeness (QED) is 0.394. The van der Waals surface area contributed by atoms with Crippen LogP contribution in [0.2, 0.25) is 0 Å². The molecule has 0 aliphatic heterocycles. The Morgan fingerprint density at radius 3 is 2.54 bits per heavy atom. The van der Waals surface area contributed by atoms with Crippen LogP contribution < -0.4 is 5.32 Å². The molecule has 4 rings (SSSR count). The highest BCUT2D eigenvalue weighted by atomic mass is 79.9. The van der Waals surface area contributed by atoms with E-state index in [0.717, 1.165) is 26.2 Å². The van der Waals surface area contributed by atoms with Crippen molar-refractivity contribution in [1.29, 1.82) is 0 Å². The van der Waals surface area contributed by atoms with Crippen LogP contribution in [0.15, 0.2) is 53.3 Å². The number of para-hydroxylation sites is 1. The van der Waals surface area contributed by atoms with Gasteiger partial charge in [-0.05, 0) is 65.5 Å². The summed E-state index contributed by atoms with van der Waals surface area (Å²) < 4.78 is 1.01. The second kappa shape index (κ2) is 6.82. The third-order valence-corrected chi connectivity index (χ3v) is 6.29. The summed E-state index contributed by atoms with van der Waals surface area (Å²) >= 11 is 5.31. The van der Waals surface area contributed by atoms with Crippen molar-refractivity contribution < 1.29 is 0 Å². The maximum absolute atomic E-state index is 4.55. The minimum Gasteiger partial charge on any atom is -0.339 e. The van der Waals surface area contributed by atoms with Gasteiger partial charge < -0.3 is 5.32 Å². The Morgan fingerprint density at radius 1 is 0.962 bits per heavy atom. The molecule has 2 heterocycles. The molecule has 0 unspecified atom stereocenters. The Morgan fingerprint density at radius 2 is 1.77 bits per heavy atom. The highest BCUT2D eigenvalue weighted by Crippen LogP contribution is 2.41. The lowest BCUT2D eigenvalue weighted by Crippen LogP contribution is -1.96. The van der Waals surface area contributed by atoms with Gasteiger partial charge >= 0.3 is 0 Å². The van der Waals surface area contributed by atoms with Crippen molar-refractivity contribution in [3.8, 4) is 11.1 Å². The van der Waals surface area contributed by atoms with Crippen LogP contribution in [0.25, 0.3) is 21.3 Å². The molecule has 0 aliphatic carbocycles.